The molecule has 0 unspecified atom stereocenters. The molecule has 2 N–H and O–H groups in total. The Hall–Kier alpha value is -1.66. The number of hydrogen-bond acceptors (Lipinski definition) is 4. The molecule has 2 rings (SSSR count). The maximum Gasteiger partial charge on any atom is 0.338 e. The van der Waals surface area contributed by atoms with E-state index in [2.05, 4.69) is 10.6 Å². The topological polar surface area (TPSA) is 67.4 Å². The molecule has 1 aromatic rings. The van der Waals surface area contributed by atoms with Crippen molar-refractivity contribution < 1.29 is 14.3 Å². The summed E-state index contributed by atoms with van der Waals surface area (Å²) in [5, 5.41) is 5.84. The van der Waals surface area contributed by atoms with Crippen molar-refractivity contribution in [1.82, 2.24) is 10.6 Å². The van der Waals surface area contributed by atoms with Crippen molar-refractivity contribution in [1.29, 1.82) is 0 Å². The van der Waals surface area contributed by atoms with Crippen LogP contribution in [0.15, 0.2) is 35.5 Å². The van der Waals surface area contributed by atoms with Crippen molar-refractivity contribution >= 4 is 35.4 Å². The molecule has 0 saturated heterocycles. The standard InChI is InChI=1S/C16H19ClN2O3S/c1-3-23-9-8-22-15(20)13-10(2)18-16(21)19-14(13)11-6-4-5-7-12(11)17/h4-7,14H,3,8-9H2,1-2H3,(H2,18,19,21)/t14-/m1/s1. The number of ether oxygens (including phenoxy) is 1. The summed E-state index contributed by atoms with van der Waals surface area (Å²) in [5.41, 5.74) is 1.52. The van der Waals surface area contributed by atoms with Crippen molar-refractivity contribution in [3.8, 4) is 0 Å². The number of thioether (sulfide) groups is 1. The average molecular weight is 355 g/mol. The van der Waals surface area contributed by atoms with Gasteiger partial charge in [-0.05, 0) is 24.3 Å². The van der Waals surface area contributed by atoms with E-state index in [-0.39, 0.29) is 6.03 Å². The van der Waals surface area contributed by atoms with Crippen LogP contribution in [0.2, 0.25) is 5.02 Å². The molecule has 0 spiro atoms. The van der Waals surface area contributed by atoms with E-state index >= 15 is 0 Å². The van der Waals surface area contributed by atoms with Crippen LogP contribution in [-0.4, -0.2) is 30.1 Å². The second-order valence-electron chi connectivity index (χ2n) is 4.92. The van der Waals surface area contributed by atoms with Crippen LogP contribution in [0.3, 0.4) is 0 Å². The third-order valence-electron chi connectivity index (χ3n) is 3.37. The molecule has 1 aliphatic rings. The zero-order valence-electron chi connectivity index (χ0n) is 13.0. The SMILES string of the molecule is CCSCCOC(=O)C1=C(C)NC(=O)N[C@@H]1c1ccccc1Cl. The van der Waals surface area contributed by atoms with E-state index in [9.17, 15) is 9.59 Å². The summed E-state index contributed by atoms with van der Waals surface area (Å²) < 4.78 is 5.33. The van der Waals surface area contributed by atoms with Crippen LogP contribution in [0.4, 0.5) is 4.79 Å². The molecule has 0 aliphatic carbocycles. The summed E-state index contributed by atoms with van der Waals surface area (Å²) in [5.74, 6) is 1.26. The summed E-state index contributed by atoms with van der Waals surface area (Å²) in [6, 6.07) is 6.12. The highest BCUT2D eigenvalue weighted by Gasteiger charge is 2.33. The van der Waals surface area contributed by atoms with Crippen LogP contribution in [0.5, 0.6) is 0 Å². The van der Waals surface area contributed by atoms with Crippen molar-refractivity contribution in [3.05, 3.63) is 46.1 Å². The van der Waals surface area contributed by atoms with Crippen LogP contribution in [-0.2, 0) is 9.53 Å². The Morgan fingerprint density at radius 3 is 2.83 bits per heavy atom. The van der Waals surface area contributed by atoms with E-state index in [1.165, 1.54) is 0 Å². The molecule has 0 bridgehead atoms. The van der Waals surface area contributed by atoms with Gasteiger partial charge in [0.25, 0.3) is 0 Å². The molecule has 0 aromatic heterocycles. The van der Waals surface area contributed by atoms with Gasteiger partial charge in [-0.1, -0.05) is 36.7 Å². The van der Waals surface area contributed by atoms with Crippen LogP contribution in [0.25, 0.3) is 0 Å². The maximum absolute atomic E-state index is 12.4. The Morgan fingerprint density at radius 1 is 1.39 bits per heavy atom. The molecule has 0 radical (unpaired) electrons. The van der Waals surface area contributed by atoms with Gasteiger partial charge in [-0.15, -0.1) is 0 Å². The van der Waals surface area contributed by atoms with Gasteiger partial charge < -0.3 is 15.4 Å². The van der Waals surface area contributed by atoms with Crippen molar-refractivity contribution in [2.75, 3.05) is 18.1 Å². The van der Waals surface area contributed by atoms with E-state index in [0.29, 0.717) is 28.5 Å². The molecular formula is C16H19ClN2O3S. The third kappa shape index (κ3) is 4.42. The lowest BCUT2D eigenvalue weighted by molar-refractivity contribution is -0.138. The first kappa shape index (κ1) is 17.7. The predicted octanol–water partition coefficient (Wildman–Crippen LogP) is 3.26. The van der Waals surface area contributed by atoms with Gasteiger partial charge in [0.05, 0.1) is 11.6 Å². The number of hydrogen-bond donors (Lipinski definition) is 2. The van der Waals surface area contributed by atoms with Gasteiger partial charge in [0, 0.05) is 16.5 Å². The van der Waals surface area contributed by atoms with Gasteiger partial charge in [-0.3, -0.25) is 0 Å². The van der Waals surface area contributed by atoms with Gasteiger partial charge in [-0.2, -0.15) is 11.8 Å². The Kier molecular flexibility index (Phi) is 6.36. The number of carbonyl (C=O) groups is 2. The first-order valence-corrected chi connectivity index (χ1v) is 8.85. The molecule has 0 fully saturated rings. The molecule has 124 valence electrons. The van der Waals surface area contributed by atoms with Crippen LogP contribution >= 0.6 is 23.4 Å². The molecular weight excluding hydrogens is 336 g/mol. The molecule has 7 heteroatoms. The largest absolute Gasteiger partial charge is 0.461 e. The molecule has 5 nitrogen and oxygen atoms in total. The normalized spacial score (nSPS) is 17.5. The minimum Gasteiger partial charge on any atom is -0.461 e. The van der Waals surface area contributed by atoms with Crippen LogP contribution < -0.4 is 10.6 Å². The highest BCUT2D eigenvalue weighted by atomic mass is 35.5. The molecule has 1 atom stereocenters. The minimum atomic E-state index is -0.622. The van der Waals surface area contributed by atoms with E-state index in [1.54, 1.807) is 36.9 Å². The number of amides is 2. The number of nitrogens with one attached hydrogen (secondary N) is 2. The number of urea groups is 1. The first-order chi connectivity index (χ1) is 11.0. The molecule has 1 aliphatic heterocycles. The zero-order chi connectivity index (χ0) is 16.8. The number of carbonyl (C=O) groups excluding carboxylic acids is 2. The van der Waals surface area contributed by atoms with Gasteiger partial charge in [-0.25, -0.2) is 9.59 Å². The Bertz CT molecular complexity index is 634. The number of esters is 1. The average Bonchev–Trinajstić information content (AvgIpc) is 2.51. The monoisotopic (exact) mass is 354 g/mol. The predicted molar refractivity (Wildman–Crippen MR) is 92.5 cm³/mol. The summed E-state index contributed by atoms with van der Waals surface area (Å²) in [6.45, 7) is 4.06. The second-order valence-corrected chi connectivity index (χ2v) is 6.73. The molecule has 0 saturated carbocycles. The summed E-state index contributed by atoms with van der Waals surface area (Å²) in [6.07, 6.45) is 0. The van der Waals surface area contributed by atoms with Crippen LogP contribution in [0, 0.1) is 0 Å². The van der Waals surface area contributed by atoms with Crippen LogP contribution in [0.1, 0.15) is 25.5 Å². The van der Waals surface area contributed by atoms with Gasteiger partial charge in [0.1, 0.15) is 6.61 Å². The molecule has 1 heterocycles. The highest BCUT2D eigenvalue weighted by Crippen LogP contribution is 2.31. The van der Waals surface area contributed by atoms with Gasteiger partial charge in [0.2, 0.25) is 0 Å². The first-order valence-electron chi connectivity index (χ1n) is 7.32. The third-order valence-corrected chi connectivity index (χ3v) is 4.58. The van der Waals surface area contributed by atoms with Gasteiger partial charge in [0.15, 0.2) is 0 Å². The molecule has 23 heavy (non-hydrogen) atoms. The number of halogens is 1. The smallest absolute Gasteiger partial charge is 0.338 e. The summed E-state index contributed by atoms with van der Waals surface area (Å²) in [4.78, 5) is 24.2. The second kappa shape index (κ2) is 8.26. The van der Waals surface area contributed by atoms with Gasteiger partial charge >= 0.3 is 12.0 Å². The Balaban J connectivity index is 2.25. The lowest BCUT2D eigenvalue weighted by Crippen LogP contribution is -2.45. The fraction of sp³-hybridized carbons (Fsp3) is 0.375. The van der Waals surface area contributed by atoms with Crippen molar-refractivity contribution in [3.63, 3.8) is 0 Å². The fourth-order valence-corrected chi connectivity index (χ4v) is 3.06. The molecule has 2 amide bonds. The zero-order valence-corrected chi connectivity index (χ0v) is 14.6. The number of benzene rings is 1. The van der Waals surface area contributed by atoms with E-state index in [4.69, 9.17) is 16.3 Å². The molecule has 1 aromatic carbocycles. The quantitative estimate of drug-likeness (QED) is 0.607. The van der Waals surface area contributed by atoms with E-state index in [1.807, 2.05) is 13.0 Å². The summed E-state index contributed by atoms with van der Waals surface area (Å²) >= 11 is 7.92. The highest BCUT2D eigenvalue weighted by molar-refractivity contribution is 7.99. The lowest BCUT2D eigenvalue weighted by Gasteiger charge is -2.28. The fourth-order valence-electron chi connectivity index (χ4n) is 2.32. The van der Waals surface area contributed by atoms with E-state index in [0.717, 1.165) is 11.5 Å². The Morgan fingerprint density at radius 2 is 2.13 bits per heavy atom. The number of allylic oxidation sites excluding steroid dienone is 1. The van der Waals surface area contributed by atoms with Crippen molar-refractivity contribution in [2.24, 2.45) is 0 Å². The van der Waals surface area contributed by atoms with E-state index < -0.39 is 12.0 Å². The lowest BCUT2D eigenvalue weighted by atomic mass is 9.95. The van der Waals surface area contributed by atoms with Crippen molar-refractivity contribution in [2.45, 2.75) is 19.9 Å². The maximum atomic E-state index is 12.4. The number of rotatable bonds is 6. The summed E-state index contributed by atoms with van der Waals surface area (Å²) in [7, 11) is 0. The Labute approximate surface area is 144 Å². The minimum absolute atomic E-state index is 0.331.